The average molecular weight is 239 g/mol. The third kappa shape index (κ3) is 1.68. The number of hydrogen-bond donors (Lipinski definition) is 2. The zero-order valence-electron chi connectivity index (χ0n) is 7.95. The molecule has 2 aromatic rings. The van der Waals surface area contributed by atoms with Crippen molar-refractivity contribution in [2.24, 2.45) is 10.9 Å². The quantitative estimate of drug-likeness (QED) is 0.341. The van der Waals surface area contributed by atoms with Gasteiger partial charge in [0.1, 0.15) is 11.3 Å². The fourth-order valence-electron chi connectivity index (χ4n) is 1.19. The summed E-state index contributed by atoms with van der Waals surface area (Å²) in [6.07, 6.45) is 5.88. The van der Waals surface area contributed by atoms with Crippen LogP contribution in [0.3, 0.4) is 0 Å². The second kappa shape index (κ2) is 4.15. The monoisotopic (exact) mass is 238 g/mol. The maximum atomic E-state index is 8.59. The van der Waals surface area contributed by atoms with Gasteiger partial charge in [-0.05, 0) is 0 Å². The Labute approximate surface area is 95.2 Å². The molecule has 3 N–H and O–H groups in total. The van der Waals surface area contributed by atoms with Gasteiger partial charge >= 0.3 is 0 Å². The van der Waals surface area contributed by atoms with Crippen molar-refractivity contribution in [1.29, 1.82) is 0 Å². The highest BCUT2D eigenvalue weighted by atomic mass is 35.5. The lowest BCUT2D eigenvalue weighted by molar-refractivity contribution is 0.318. The zero-order valence-corrected chi connectivity index (χ0v) is 8.70. The van der Waals surface area contributed by atoms with Crippen LogP contribution in [0.1, 0.15) is 5.82 Å². The lowest BCUT2D eigenvalue weighted by Gasteiger charge is -2.06. The summed E-state index contributed by atoms with van der Waals surface area (Å²) in [5.74, 6) is 0.540. The standard InChI is InChI=1S/C8H7ClN6O/c9-5-3-11-4-13-7(5)15-2-1-12-8(15)6(10)14-16/h1-4,16H,(H2,10,14). The van der Waals surface area contributed by atoms with E-state index in [1.807, 2.05) is 0 Å². The van der Waals surface area contributed by atoms with Crippen molar-refractivity contribution in [3.05, 3.63) is 35.8 Å². The van der Waals surface area contributed by atoms with Gasteiger partial charge in [0, 0.05) is 12.4 Å². The molecule has 0 aliphatic rings. The van der Waals surface area contributed by atoms with Gasteiger partial charge in [0.05, 0.1) is 6.20 Å². The molecule has 0 aliphatic heterocycles. The Hall–Kier alpha value is -2.15. The fraction of sp³-hybridized carbons (Fsp3) is 0. The molecule has 0 saturated carbocycles. The topological polar surface area (TPSA) is 102 Å². The number of amidine groups is 1. The second-order valence-corrected chi connectivity index (χ2v) is 3.21. The minimum atomic E-state index is -0.125. The maximum Gasteiger partial charge on any atom is 0.206 e. The van der Waals surface area contributed by atoms with Crippen molar-refractivity contribution in [2.75, 3.05) is 0 Å². The Bertz CT molecular complexity index is 537. The van der Waals surface area contributed by atoms with Crippen LogP contribution < -0.4 is 5.73 Å². The highest BCUT2D eigenvalue weighted by Gasteiger charge is 2.12. The Morgan fingerprint density at radius 2 is 2.31 bits per heavy atom. The Kier molecular flexibility index (Phi) is 2.69. The molecule has 82 valence electrons. The van der Waals surface area contributed by atoms with Crippen LogP contribution in [0.2, 0.25) is 5.02 Å². The molecule has 2 rings (SSSR count). The van der Waals surface area contributed by atoms with E-state index >= 15 is 0 Å². The normalized spacial score (nSPS) is 11.7. The third-order valence-electron chi connectivity index (χ3n) is 1.85. The van der Waals surface area contributed by atoms with Crippen LogP contribution in [0.4, 0.5) is 0 Å². The summed E-state index contributed by atoms with van der Waals surface area (Å²) in [7, 11) is 0. The Morgan fingerprint density at radius 1 is 1.50 bits per heavy atom. The number of oxime groups is 1. The average Bonchev–Trinajstić information content (AvgIpc) is 2.77. The summed E-state index contributed by atoms with van der Waals surface area (Å²) in [6.45, 7) is 0. The molecule has 0 aromatic carbocycles. The van der Waals surface area contributed by atoms with E-state index in [2.05, 4.69) is 20.1 Å². The van der Waals surface area contributed by atoms with E-state index in [4.69, 9.17) is 22.5 Å². The van der Waals surface area contributed by atoms with E-state index < -0.39 is 0 Å². The van der Waals surface area contributed by atoms with Crippen LogP contribution in [-0.4, -0.2) is 30.6 Å². The number of imidazole rings is 1. The van der Waals surface area contributed by atoms with Gasteiger partial charge in [0.2, 0.25) is 5.84 Å². The first-order valence-electron chi connectivity index (χ1n) is 4.21. The first kappa shape index (κ1) is 10.4. The van der Waals surface area contributed by atoms with Gasteiger partial charge in [-0.2, -0.15) is 0 Å². The van der Waals surface area contributed by atoms with E-state index in [1.165, 1.54) is 23.3 Å². The van der Waals surface area contributed by atoms with Gasteiger partial charge in [-0.25, -0.2) is 15.0 Å². The van der Waals surface area contributed by atoms with Crippen LogP contribution in [-0.2, 0) is 0 Å². The molecule has 0 radical (unpaired) electrons. The van der Waals surface area contributed by atoms with Gasteiger partial charge in [0.25, 0.3) is 0 Å². The molecule has 2 aromatic heterocycles. The summed E-state index contributed by atoms with van der Waals surface area (Å²) in [6, 6.07) is 0. The Morgan fingerprint density at radius 3 is 3.00 bits per heavy atom. The lowest BCUT2D eigenvalue weighted by atomic mass is 10.5. The largest absolute Gasteiger partial charge is 0.409 e. The molecule has 0 saturated heterocycles. The smallest absolute Gasteiger partial charge is 0.206 e. The van der Waals surface area contributed by atoms with Crippen LogP contribution in [0.5, 0.6) is 0 Å². The SMILES string of the molecule is N/C(=N/O)c1nccn1-c1ncncc1Cl. The predicted octanol–water partition coefficient (Wildman–Crippen LogP) is 0.410. The minimum absolute atomic E-state index is 0.125. The van der Waals surface area contributed by atoms with Gasteiger partial charge in [-0.15, -0.1) is 0 Å². The summed E-state index contributed by atoms with van der Waals surface area (Å²) >= 11 is 5.92. The second-order valence-electron chi connectivity index (χ2n) is 2.80. The number of aromatic nitrogens is 4. The summed E-state index contributed by atoms with van der Waals surface area (Å²) in [5, 5.41) is 11.8. The zero-order chi connectivity index (χ0) is 11.5. The van der Waals surface area contributed by atoms with Crippen molar-refractivity contribution in [1.82, 2.24) is 19.5 Å². The van der Waals surface area contributed by atoms with Gasteiger partial charge in [-0.3, -0.25) is 4.57 Å². The number of hydrogen-bond acceptors (Lipinski definition) is 5. The fourth-order valence-corrected chi connectivity index (χ4v) is 1.39. The van der Waals surface area contributed by atoms with E-state index in [9.17, 15) is 0 Å². The van der Waals surface area contributed by atoms with Crippen molar-refractivity contribution >= 4 is 17.4 Å². The van der Waals surface area contributed by atoms with E-state index in [-0.39, 0.29) is 11.7 Å². The molecule has 0 unspecified atom stereocenters. The van der Waals surface area contributed by atoms with Gasteiger partial charge in [-0.1, -0.05) is 16.8 Å². The van der Waals surface area contributed by atoms with Crippen molar-refractivity contribution in [3.63, 3.8) is 0 Å². The van der Waals surface area contributed by atoms with Crippen molar-refractivity contribution in [2.45, 2.75) is 0 Å². The van der Waals surface area contributed by atoms with Crippen molar-refractivity contribution in [3.8, 4) is 5.82 Å². The highest BCUT2D eigenvalue weighted by Crippen LogP contribution is 2.17. The molecular formula is C8H7ClN6O. The Balaban J connectivity index is 2.58. The molecule has 0 spiro atoms. The maximum absolute atomic E-state index is 8.59. The molecule has 0 amide bonds. The summed E-state index contributed by atoms with van der Waals surface area (Å²) < 4.78 is 1.50. The lowest BCUT2D eigenvalue weighted by Crippen LogP contribution is -2.19. The molecule has 0 bridgehead atoms. The number of halogens is 1. The molecule has 2 heterocycles. The third-order valence-corrected chi connectivity index (χ3v) is 2.12. The molecule has 0 aliphatic carbocycles. The van der Waals surface area contributed by atoms with E-state index in [1.54, 1.807) is 6.20 Å². The predicted molar refractivity (Wildman–Crippen MR) is 56.7 cm³/mol. The van der Waals surface area contributed by atoms with E-state index in [0.29, 0.717) is 10.8 Å². The number of rotatable bonds is 2. The first-order chi connectivity index (χ1) is 7.74. The molecule has 0 fully saturated rings. The number of nitrogens with two attached hydrogens (primary N) is 1. The van der Waals surface area contributed by atoms with E-state index in [0.717, 1.165) is 0 Å². The summed E-state index contributed by atoms with van der Waals surface area (Å²) in [5.41, 5.74) is 5.46. The molecule has 0 atom stereocenters. The molecule has 8 heteroatoms. The van der Waals surface area contributed by atoms with Crippen LogP contribution in [0.25, 0.3) is 5.82 Å². The first-order valence-corrected chi connectivity index (χ1v) is 4.59. The van der Waals surface area contributed by atoms with Crippen LogP contribution in [0, 0.1) is 0 Å². The highest BCUT2D eigenvalue weighted by molar-refractivity contribution is 6.32. The van der Waals surface area contributed by atoms with Gasteiger partial charge in [0.15, 0.2) is 11.6 Å². The van der Waals surface area contributed by atoms with Crippen molar-refractivity contribution < 1.29 is 5.21 Å². The van der Waals surface area contributed by atoms with Gasteiger partial charge < -0.3 is 10.9 Å². The molecular weight excluding hydrogens is 232 g/mol. The minimum Gasteiger partial charge on any atom is -0.409 e. The number of nitrogens with zero attached hydrogens (tertiary/aromatic N) is 5. The molecule has 7 nitrogen and oxygen atoms in total. The summed E-state index contributed by atoms with van der Waals surface area (Å²) in [4.78, 5) is 11.7. The van der Waals surface area contributed by atoms with Crippen LogP contribution in [0.15, 0.2) is 30.1 Å². The van der Waals surface area contributed by atoms with Crippen LogP contribution >= 0.6 is 11.6 Å². The molecule has 16 heavy (non-hydrogen) atoms.